The lowest BCUT2D eigenvalue weighted by Crippen LogP contribution is -2.31. The van der Waals surface area contributed by atoms with Crippen molar-refractivity contribution in [3.63, 3.8) is 0 Å². The smallest absolute Gasteiger partial charge is 0.320 e. The lowest BCUT2D eigenvalue weighted by molar-refractivity contribution is -0.138. The van der Waals surface area contributed by atoms with Crippen LogP contribution in [0.1, 0.15) is 24.8 Å². The van der Waals surface area contributed by atoms with E-state index >= 15 is 0 Å². The number of hydrogen-bond donors (Lipinski definition) is 3. The number of carboxylic acids is 1. The quantitative estimate of drug-likeness (QED) is 0.632. The summed E-state index contributed by atoms with van der Waals surface area (Å²) in [5.41, 5.74) is 12.2. The number of nitrogens with two attached hydrogens (primary N) is 2. The van der Waals surface area contributed by atoms with Crippen molar-refractivity contribution in [2.24, 2.45) is 11.5 Å². The Kier molecular flexibility index (Phi) is 6.80. The van der Waals surface area contributed by atoms with Gasteiger partial charge in [-0.25, -0.2) is 0 Å². The van der Waals surface area contributed by atoms with Crippen LogP contribution in [0.4, 0.5) is 0 Å². The predicted molar refractivity (Wildman–Crippen MR) is 73.7 cm³/mol. The lowest BCUT2D eigenvalue weighted by atomic mass is 10.1. The molecule has 0 saturated carbocycles. The fraction of sp³-hybridized carbons (Fsp3) is 0.462. The van der Waals surface area contributed by atoms with E-state index in [1.807, 2.05) is 12.1 Å². The van der Waals surface area contributed by atoms with Crippen LogP contribution in [-0.2, 0) is 16.1 Å². The van der Waals surface area contributed by atoms with Crippen LogP contribution in [0.2, 0.25) is 5.02 Å². The maximum Gasteiger partial charge on any atom is 0.320 e. The monoisotopic (exact) mass is 286 g/mol. The molecule has 6 heteroatoms. The number of hydrogen-bond acceptors (Lipinski definition) is 4. The van der Waals surface area contributed by atoms with Crippen LogP contribution in [0.5, 0.6) is 0 Å². The SMILES string of the molecule is NC(CCC[C@H](N)C(=O)O)OCc1ccc(Cl)cc1. The summed E-state index contributed by atoms with van der Waals surface area (Å²) < 4.78 is 5.46. The molecule has 0 aliphatic heterocycles. The molecule has 0 bridgehead atoms. The number of rotatable bonds is 8. The highest BCUT2D eigenvalue weighted by atomic mass is 35.5. The van der Waals surface area contributed by atoms with Crippen molar-refractivity contribution >= 4 is 17.6 Å². The van der Waals surface area contributed by atoms with Crippen LogP contribution in [0, 0.1) is 0 Å². The minimum absolute atomic E-state index is 0.396. The number of carbonyl (C=O) groups is 1. The van der Waals surface area contributed by atoms with Gasteiger partial charge < -0.3 is 21.3 Å². The van der Waals surface area contributed by atoms with Crippen molar-refractivity contribution in [2.45, 2.75) is 38.1 Å². The molecule has 0 saturated heterocycles. The molecule has 0 aliphatic carbocycles. The van der Waals surface area contributed by atoms with Crippen molar-refractivity contribution in [1.82, 2.24) is 0 Å². The van der Waals surface area contributed by atoms with Gasteiger partial charge >= 0.3 is 5.97 Å². The summed E-state index contributed by atoms with van der Waals surface area (Å²) in [7, 11) is 0. The Morgan fingerprint density at radius 3 is 2.47 bits per heavy atom. The van der Waals surface area contributed by atoms with Gasteiger partial charge in [0.25, 0.3) is 0 Å². The van der Waals surface area contributed by atoms with Gasteiger partial charge in [0.1, 0.15) is 12.3 Å². The predicted octanol–water partition coefficient (Wildman–Crippen LogP) is 1.72. The molecule has 0 aromatic heterocycles. The van der Waals surface area contributed by atoms with Gasteiger partial charge in [0, 0.05) is 5.02 Å². The number of ether oxygens (including phenoxy) is 1. The van der Waals surface area contributed by atoms with Crippen molar-refractivity contribution in [3.8, 4) is 0 Å². The van der Waals surface area contributed by atoms with E-state index in [1.165, 1.54) is 0 Å². The first-order valence-electron chi connectivity index (χ1n) is 6.09. The average Bonchev–Trinajstić information content (AvgIpc) is 2.37. The van der Waals surface area contributed by atoms with Gasteiger partial charge in [-0.1, -0.05) is 23.7 Å². The van der Waals surface area contributed by atoms with Crippen LogP contribution in [0.3, 0.4) is 0 Å². The largest absolute Gasteiger partial charge is 0.480 e. The first-order chi connectivity index (χ1) is 8.99. The molecule has 0 fully saturated rings. The molecular formula is C13H19ClN2O3. The topological polar surface area (TPSA) is 98.6 Å². The Morgan fingerprint density at radius 1 is 1.26 bits per heavy atom. The second-order valence-electron chi connectivity index (χ2n) is 4.35. The Bertz CT molecular complexity index is 397. The van der Waals surface area contributed by atoms with Gasteiger partial charge in [-0.15, -0.1) is 0 Å². The number of carboxylic acid groups (broad SMARTS) is 1. The zero-order valence-electron chi connectivity index (χ0n) is 10.6. The van der Waals surface area contributed by atoms with E-state index in [0.29, 0.717) is 30.9 Å². The first kappa shape index (κ1) is 15.9. The molecule has 1 rings (SSSR count). The van der Waals surface area contributed by atoms with Gasteiger partial charge in [-0.3, -0.25) is 4.79 Å². The third kappa shape index (κ3) is 6.54. The van der Waals surface area contributed by atoms with E-state index in [1.54, 1.807) is 12.1 Å². The summed E-state index contributed by atoms with van der Waals surface area (Å²) >= 11 is 5.77. The van der Waals surface area contributed by atoms with Crippen LogP contribution >= 0.6 is 11.6 Å². The molecule has 19 heavy (non-hydrogen) atoms. The number of benzene rings is 1. The van der Waals surface area contributed by atoms with E-state index in [2.05, 4.69) is 0 Å². The molecule has 1 unspecified atom stereocenters. The van der Waals surface area contributed by atoms with Gasteiger partial charge in [0.2, 0.25) is 0 Å². The Hall–Kier alpha value is -1.14. The molecule has 1 aromatic carbocycles. The van der Waals surface area contributed by atoms with Gasteiger partial charge in [0.05, 0.1) is 6.61 Å². The van der Waals surface area contributed by atoms with E-state index in [9.17, 15) is 4.79 Å². The molecule has 1 aromatic rings. The zero-order valence-corrected chi connectivity index (χ0v) is 11.3. The highest BCUT2D eigenvalue weighted by Gasteiger charge is 2.12. The first-order valence-corrected chi connectivity index (χ1v) is 6.47. The third-order valence-electron chi connectivity index (χ3n) is 2.70. The molecule has 106 valence electrons. The molecule has 0 radical (unpaired) electrons. The molecule has 0 heterocycles. The van der Waals surface area contributed by atoms with Crippen molar-refractivity contribution in [2.75, 3.05) is 0 Å². The average molecular weight is 287 g/mol. The normalized spacial score (nSPS) is 14.1. The summed E-state index contributed by atoms with van der Waals surface area (Å²) in [6, 6.07) is 6.49. The number of halogens is 1. The molecular weight excluding hydrogens is 268 g/mol. The fourth-order valence-electron chi connectivity index (χ4n) is 1.53. The maximum atomic E-state index is 10.5. The molecule has 0 spiro atoms. The standard InChI is InChI=1S/C13H19ClN2O3/c14-10-6-4-9(5-7-10)8-19-12(16)3-1-2-11(15)13(17)18/h4-7,11-12H,1-3,8,15-16H2,(H,17,18)/t11-,12?/m0/s1. The minimum atomic E-state index is -0.990. The van der Waals surface area contributed by atoms with Gasteiger partial charge in [-0.05, 0) is 37.0 Å². The summed E-state index contributed by atoms with van der Waals surface area (Å²) in [6.07, 6.45) is 1.17. The summed E-state index contributed by atoms with van der Waals surface area (Å²) in [6.45, 7) is 0.406. The Balaban J connectivity index is 2.19. The molecule has 5 N–H and O–H groups in total. The van der Waals surface area contributed by atoms with Gasteiger partial charge in [0.15, 0.2) is 0 Å². The minimum Gasteiger partial charge on any atom is -0.480 e. The van der Waals surface area contributed by atoms with Crippen molar-refractivity contribution in [3.05, 3.63) is 34.9 Å². The van der Waals surface area contributed by atoms with Crippen LogP contribution in [0.25, 0.3) is 0 Å². The van der Waals surface area contributed by atoms with Crippen LogP contribution < -0.4 is 11.5 Å². The van der Waals surface area contributed by atoms with Gasteiger partial charge in [-0.2, -0.15) is 0 Å². The van der Waals surface area contributed by atoms with Crippen molar-refractivity contribution in [1.29, 1.82) is 0 Å². The number of aliphatic carboxylic acids is 1. The lowest BCUT2D eigenvalue weighted by Gasteiger charge is -2.14. The van der Waals surface area contributed by atoms with Crippen molar-refractivity contribution < 1.29 is 14.6 Å². The molecule has 2 atom stereocenters. The van der Waals surface area contributed by atoms with E-state index in [0.717, 1.165) is 5.56 Å². The van der Waals surface area contributed by atoms with E-state index in [4.69, 9.17) is 32.9 Å². The van der Waals surface area contributed by atoms with Crippen LogP contribution in [0.15, 0.2) is 24.3 Å². The molecule has 5 nitrogen and oxygen atoms in total. The third-order valence-corrected chi connectivity index (χ3v) is 2.95. The highest BCUT2D eigenvalue weighted by molar-refractivity contribution is 6.30. The fourth-order valence-corrected chi connectivity index (χ4v) is 1.66. The Labute approximate surface area is 117 Å². The summed E-state index contributed by atoms with van der Waals surface area (Å²) in [4.78, 5) is 10.5. The molecule has 0 aliphatic rings. The zero-order chi connectivity index (χ0) is 14.3. The highest BCUT2D eigenvalue weighted by Crippen LogP contribution is 2.11. The van der Waals surface area contributed by atoms with E-state index < -0.39 is 18.2 Å². The summed E-state index contributed by atoms with van der Waals surface area (Å²) in [5.74, 6) is -0.990. The second-order valence-corrected chi connectivity index (χ2v) is 4.79. The maximum absolute atomic E-state index is 10.5. The Morgan fingerprint density at radius 2 is 1.89 bits per heavy atom. The second kappa shape index (κ2) is 8.12. The molecule has 0 amide bonds. The van der Waals surface area contributed by atoms with E-state index in [-0.39, 0.29) is 0 Å². The van der Waals surface area contributed by atoms with Crippen LogP contribution in [-0.4, -0.2) is 23.3 Å². The summed E-state index contributed by atoms with van der Waals surface area (Å²) in [5, 5.41) is 9.30.